The lowest BCUT2D eigenvalue weighted by molar-refractivity contribution is -0.0152. The van der Waals surface area contributed by atoms with Crippen LogP contribution in [0.15, 0.2) is 30.3 Å². The average Bonchev–Trinajstić information content (AvgIpc) is 2.29. The summed E-state index contributed by atoms with van der Waals surface area (Å²) in [7, 11) is 0. The van der Waals surface area contributed by atoms with Crippen LogP contribution in [0.5, 0.6) is 0 Å². The van der Waals surface area contributed by atoms with Crippen LogP contribution in [-0.2, 0) is 10.3 Å². The van der Waals surface area contributed by atoms with E-state index in [4.69, 9.17) is 4.74 Å². The molecule has 1 aromatic rings. The number of hydrogen-bond acceptors (Lipinski definition) is 3. The minimum atomic E-state index is -0.858. The van der Waals surface area contributed by atoms with Crippen molar-refractivity contribution in [1.29, 1.82) is 0 Å². The van der Waals surface area contributed by atoms with Crippen molar-refractivity contribution < 1.29 is 9.84 Å². The summed E-state index contributed by atoms with van der Waals surface area (Å²) in [5, 5.41) is 13.7. The third kappa shape index (κ3) is 4.77. The molecule has 3 heteroatoms. The van der Waals surface area contributed by atoms with E-state index in [1.807, 2.05) is 58.0 Å². The normalized spacial score (nSPS) is 15.4. The summed E-state index contributed by atoms with van der Waals surface area (Å²) in [6.07, 6.45) is 0. The van der Waals surface area contributed by atoms with Gasteiger partial charge in [0, 0.05) is 19.7 Å². The predicted molar refractivity (Wildman–Crippen MR) is 74.6 cm³/mol. The molecule has 0 heterocycles. The minimum absolute atomic E-state index is 0.207. The van der Waals surface area contributed by atoms with Crippen LogP contribution >= 0.6 is 0 Å². The monoisotopic (exact) mass is 251 g/mol. The molecule has 1 unspecified atom stereocenters. The maximum absolute atomic E-state index is 10.4. The number of benzene rings is 1. The average molecular weight is 251 g/mol. The second-order valence-corrected chi connectivity index (χ2v) is 5.44. The van der Waals surface area contributed by atoms with Gasteiger partial charge in [0.25, 0.3) is 0 Å². The molecule has 0 saturated carbocycles. The third-order valence-electron chi connectivity index (χ3n) is 2.95. The fourth-order valence-corrected chi connectivity index (χ4v) is 1.95. The van der Waals surface area contributed by atoms with Crippen molar-refractivity contribution in [3.63, 3.8) is 0 Å². The molecule has 3 nitrogen and oxygen atoms in total. The smallest absolute Gasteiger partial charge is 0.0992 e. The zero-order chi connectivity index (χ0) is 13.6. The Kier molecular flexibility index (Phi) is 5.32. The molecular weight excluding hydrogens is 226 g/mol. The molecule has 0 fully saturated rings. The summed E-state index contributed by atoms with van der Waals surface area (Å²) >= 11 is 0. The highest BCUT2D eigenvalue weighted by molar-refractivity contribution is 5.21. The number of aliphatic hydroxyl groups is 1. The Morgan fingerprint density at radius 3 is 2.28 bits per heavy atom. The quantitative estimate of drug-likeness (QED) is 0.781. The van der Waals surface area contributed by atoms with Crippen LogP contribution in [0, 0.1) is 0 Å². The lowest BCUT2D eigenvalue weighted by atomic mass is 9.96. The van der Waals surface area contributed by atoms with Crippen LogP contribution in [0.2, 0.25) is 0 Å². The molecule has 102 valence electrons. The van der Waals surface area contributed by atoms with Gasteiger partial charge in [0.1, 0.15) is 0 Å². The first-order valence-corrected chi connectivity index (χ1v) is 6.50. The van der Waals surface area contributed by atoms with E-state index in [0.717, 1.165) is 5.56 Å². The fraction of sp³-hybridized carbons (Fsp3) is 0.600. The largest absolute Gasteiger partial charge is 0.384 e. The zero-order valence-corrected chi connectivity index (χ0v) is 11.9. The van der Waals surface area contributed by atoms with Crippen LogP contribution in [-0.4, -0.2) is 30.4 Å². The van der Waals surface area contributed by atoms with Gasteiger partial charge in [-0.15, -0.1) is 0 Å². The number of nitrogens with one attached hydrogen (secondary N) is 1. The molecule has 0 aliphatic rings. The molecular formula is C15H25NO2. The molecule has 18 heavy (non-hydrogen) atoms. The highest BCUT2D eigenvalue weighted by Gasteiger charge is 2.24. The number of hydrogen-bond donors (Lipinski definition) is 2. The number of rotatable bonds is 7. The van der Waals surface area contributed by atoms with Gasteiger partial charge in [0.15, 0.2) is 0 Å². The van der Waals surface area contributed by atoms with Crippen molar-refractivity contribution in [2.45, 2.75) is 38.9 Å². The lowest BCUT2D eigenvalue weighted by Crippen LogP contribution is -2.43. The lowest BCUT2D eigenvalue weighted by Gasteiger charge is -2.29. The SMILES string of the molecule is CCOC(C)(C)CNCC(C)(O)c1ccccc1. The van der Waals surface area contributed by atoms with Crippen molar-refractivity contribution in [3.8, 4) is 0 Å². The first-order chi connectivity index (χ1) is 8.37. The molecule has 2 N–H and O–H groups in total. The molecule has 0 bridgehead atoms. The van der Waals surface area contributed by atoms with Gasteiger partial charge in [0.2, 0.25) is 0 Å². The van der Waals surface area contributed by atoms with Crippen LogP contribution < -0.4 is 5.32 Å². The Labute approximate surface area is 110 Å². The number of ether oxygens (including phenoxy) is 1. The second-order valence-electron chi connectivity index (χ2n) is 5.44. The van der Waals surface area contributed by atoms with E-state index < -0.39 is 5.60 Å². The first kappa shape index (κ1) is 15.2. The summed E-state index contributed by atoms with van der Waals surface area (Å²) in [6.45, 7) is 9.81. The van der Waals surface area contributed by atoms with Crippen molar-refractivity contribution in [3.05, 3.63) is 35.9 Å². The molecule has 0 radical (unpaired) electrons. The molecule has 0 saturated heterocycles. The summed E-state index contributed by atoms with van der Waals surface area (Å²) in [5.41, 5.74) is -0.142. The molecule has 0 aliphatic carbocycles. The van der Waals surface area contributed by atoms with Gasteiger partial charge < -0.3 is 15.2 Å². The predicted octanol–water partition coefficient (Wildman–Crippen LogP) is 2.30. The van der Waals surface area contributed by atoms with Gasteiger partial charge >= 0.3 is 0 Å². The van der Waals surface area contributed by atoms with Gasteiger partial charge in [-0.1, -0.05) is 30.3 Å². The minimum Gasteiger partial charge on any atom is -0.384 e. The molecule has 0 aliphatic heterocycles. The Bertz CT molecular complexity index is 347. The Balaban J connectivity index is 2.48. The van der Waals surface area contributed by atoms with Crippen molar-refractivity contribution in [1.82, 2.24) is 5.32 Å². The highest BCUT2D eigenvalue weighted by atomic mass is 16.5. The Morgan fingerprint density at radius 2 is 1.72 bits per heavy atom. The van der Waals surface area contributed by atoms with E-state index in [-0.39, 0.29) is 5.60 Å². The van der Waals surface area contributed by atoms with E-state index in [0.29, 0.717) is 19.7 Å². The maximum Gasteiger partial charge on any atom is 0.0992 e. The summed E-state index contributed by atoms with van der Waals surface area (Å²) < 4.78 is 5.61. The molecule has 1 atom stereocenters. The van der Waals surface area contributed by atoms with Crippen LogP contribution in [0.1, 0.15) is 33.3 Å². The van der Waals surface area contributed by atoms with Gasteiger partial charge in [-0.05, 0) is 33.3 Å². The summed E-state index contributed by atoms with van der Waals surface area (Å²) in [6, 6.07) is 9.71. The van der Waals surface area contributed by atoms with Gasteiger partial charge in [-0.2, -0.15) is 0 Å². The van der Waals surface area contributed by atoms with Crippen LogP contribution in [0.3, 0.4) is 0 Å². The van der Waals surface area contributed by atoms with E-state index in [2.05, 4.69) is 5.32 Å². The van der Waals surface area contributed by atoms with Gasteiger partial charge in [-0.25, -0.2) is 0 Å². The van der Waals surface area contributed by atoms with E-state index in [9.17, 15) is 5.11 Å². The molecule has 1 aromatic carbocycles. The molecule has 0 spiro atoms. The first-order valence-electron chi connectivity index (χ1n) is 6.50. The van der Waals surface area contributed by atoms with Crippen LogP contribution in [0.25, 0.3) is 0 Å². The highest BCUT2D eigenvalue weighted by Crippen LogP contribution is 2.19. The molecule has 0 amide bonds. The van der Waals surface area contributed by atoms with E-state index in [1.165, 1.54) is 0 Å². The Morgan fingerprint density at radius 1 is 1.11 bits per heavy atom. The molecule has 0 aromatic heterocycles. The Hall–Kier alpha value is -0.900. The maximum atomic E-state index is 10.4. The second kappa shape index (κ2) is 6.32. The van der Waals surface area contributed by atoms with E-state index in [1.54, 1.807) is 0 Å². The zero-order valence-electron chi connectivity index (χ0n) is 11.9. The van der Waals surface area contributed by atoms with Gasteiger partial charge in [-0.3, -0.25) is 0 Å². The van der Waals surface area contributed by atoms with Crippen molar-refractivity contribution in [2.24, 2.45) is 0 Å². The topological polar surface area (TPSA) is 41.5 Å². The summed E-state index contributed by atoms with van der Waals surface area (Å²) in [4.78, 5) is 0. The van der Waals surface area contributed by atoms with Crippen molar-refractivity contribution in [2.75, 3.05) is 19.7 Å². The fourth-order valence-electron chi connectivity index (χ4n) is 1.95. The van der Waals surface area contributed by atoms with E-state index >= 15 is 0 Å². The summed E-state index contributed by atoms with van der Waals surface area (Å²) in [5.74, 6) is 0. The third-order valence-corrected chi connectivity index (χ3v) is 2.95. The molecule has 1 rings (SSSR count). The van der Waals surface area contributed by atoms with Crippen molar-refractivity contribution >= 4 is 0 Å². The van der Waals surface area contributed by atoms with Gasteiger partial charge in [0.05, 0.1) is 11.2 Å². The standard InChI is InChI=1S/C15H25NO2/c1-5-18-14(2,3)11-16-12-15(4,17)13-9-7-6-8-10-13/h6-10,16-17H,5,11-12H2,1-4H3. The van der Waals surface area contributed by atoms with Crippen LogP contribution in [0.4, 0.5) is 0 Å².